The van der Waals surface area contributed by atoms with Crippen LogP contribution in [0.1, 0.15) is 30.7 Å². The highest BCUT2D eigenvalue weighted by atomic mass is 32.1. The van der Waals surface area contributed by atoms with Crippen LogP contribution in [0.2, 0.25) is 0 Å². The maximum absolute atomic E-state index is 13.3. The number of benzene rings is 1. The maximum atomic E-state index is 13.3. The summed E-state index contributed by atoms with van der Waals surface area (Å²) < 4.78 is 2.24. The SMILES string of the molecule is Cc1nc2sccn2c1CN1CCC2(CC1)CC2C(=O)N1CCN(c2ccccc2)CC1. The molecule has 3 fully saturated rings. The molecule has 0 N–H and O–H groups in total. The number of hydrogen-bond donors (Lipinski definition) is 0. The van der Waals surface area contributed by atoms with Gasteiger partial charge in [0.15, 0.2) is 4.96 Å². The van der Waals surface area contributed by atoms with Crippen LogP contribution in [-0.2, 0) is 11.3 Å². The fourth-order valence-electron chi connectivity index (χ4n) is 5.79. The lowest BCUT2D eigenvalue weighted by Gasteiger charge is -2.37. The molecule has 3 aromatic rings. The Morgan fingerprint density at radius 3 is 2.59 bits per heavy atom. The van der Waals surface area contributed by atoms with E-state index in [1.165, 1.54) is 11.4 Å². The average molecular weight is 450 g/mol. The molecule has 2 saturated heterocycles. The Morgan fingerprint density at radius 2 is 1.84 bits per heavy atom. The van der Waals surface area contributed by atoms with E-state index in [0.29, 0.717) is 5.91 Å². The van der Waals surface area contributed by atoms with Gasteiger partial charge >= 0.3 is 0 Å². The standard InChI is InChI=1S/C25H31N5OS/c1-19-22(30-15-16-32-24(30)26-19)18-27-9-7-25(8-10-27)17-21(25)23(31)29-13-11-28(12-14-29)20-5-3-2-4-6-20/h2-6,15-16,21H,7-14,17-18H2,1H3. The Labute approximate surface area is 193 Å². The second-order valence-corrected chi connectivity index (χ2v) is 10.6. The number of fused-ring (bicyclic) bond motifs is 1. The lowest BCUT2D eigenvalue weighted by atomic mass is 9.90. The number of para-hydroxylation sites is 1. The second kappa shape index (κ2) is 7.89. The molecular weight excluding hydrogens is 418 g/mol. The van der Waals surface area contributed by atoms with Crippen molar-refractivity contribution in [2.24, 2.45) is 11.3 Å². The predicted molar refractivity (Wildman–Crippen MR) is 128 cm³/mol. The van der Waals surface area contributed by atoms with E-state index < -0.39 is 0 Å². The third-order valence-corrected chi connectivity index (χ3v) is 8.74. The van der Waals surface area contributed by atoms with Crippen molar-refractivity contribution in [2.45, 2.75) is 32.7 Å². The van der Waals surface area contributed by atoms with Crippen LogP contribution in [0.4, 0.5) is 5.69 Å². The number of likely N-dealkylation sites (tertiary alicyclic amines) is 1. The number of nitrogens with zero attached hydrogens (tertiary/aromatic N) is 5. The van der Waals surface area contributed by atoms with Crippen molar-refractivity contribution in [3.05, 3.63) is 53.3 Å². The molecule has 1 aliphatic carbocycles. The number of aromatic nitrogens is 2. The van der Waals surface area contributed by atoms with Gasteiger partial charge in [0.05, 0.1) is 11.4 Å². The smallest absolute Gasteiger partial charge is 0.226 e. The van der Waals surface area contributed by atoms with Crippen molar-refractivity contribution in [3.8, 4) is 0 Å². The highest BCUT2D eigenvalue weighted by molar-refractivity contribution is 7.15. The third kappa shape index (κ3) is 3.52. The molecule has 1 atom stereocenters. The Balaban J connectivity index is 1.02. The summed E-state index contributed by atoms with van der Waals surface area (Å²) in [5.74, 6) is 0.672. The molecular formula is C25H31N5OS. The van der Waals surface area contributed by atoms with Gasteiger partial charge in [0.2, 0.25) is 5.91 Å². The minimum Gasteiger partial charge on any atom is -0.368 e. The van der Waals surface area contributed by atoms with Gasteiger partial charge in [0.1, 0.15) is 0 Å². The third-order valence-electron chi connectivity index (χ3n) is 7.99. The van der Waals surface area contributed by atoms with Gasteiger partial charge in [-0.15, -0.1) is 11.3 Å². The topological polar surface area (TPSA) is 44.1 Å². The van der Waals surface area contributed by atoms with Crippen LogP contribution < -0.4 is 4.90 Å². The van der Waals surface area contributed by atoms with Gasteiger partial charge in [-0.3, -0.25) is 14.1 Å². The van der Waals surface area contributed by atoms with Crippen LogP contribution in [0, 0.1) is 18.3 Å². The molecule has 1 aromatic carbocycles. The van der Waals surface area contributed by atoms with Crippen LogP contribution >= 0.6 is 11.3 Å². The molecule has 1 spiro atoms. The number of imidazole rings is 1. The Morgan fingerprint density at radius 1 is 1.09 bits per heavy atom. The lowest BCUT2D eigenvalue weighted by Crippen LogP contribution is -2.50. The Kier molecular flexibility index (Phi) is 4.99. The number of rotatable bonds is 4. The first-order valence-electron chi connectivity index (χ1n) is 11.9. The molecule has 1 unspecified atom stereocenters. The largest absolute Gasteiger partial charge is 0.368 e. The summed E-state index contributed by atoms with van der Waals surface area (Å²) in [4.78, 5) is 26.1. The number of piperazine rings is 1. The summed E-state index contributed by atoms with van der Waals surface area (Å²) in [6, 6.07) is 10.6. The van der Waals surface area contributed by atoms with Gasteiger partial charge in [-0.2, -0.15) is 0 Å². The summed E-state index contributed by atoms with van der Waals surface area (Å²) in [7, 11) is 0. The maximum Gasteiger partial charge on any atom is 0.226 e. The van der Waals surface area contributed by atoms with Crippen LogP contribution in [0.15, 0.2) is 41.9 Å². The van der Waals surface area contributed by atoms with E-state index in [0.717, 1.165) is 75.7 Å². The second-order valence-electron chi connectivity index (χ2n) is 9.74. The van der Waals surface area contributed by atoms with Crippen LogP contribution in [0.5, 0.6) is 0 Å². The van der Waals surface area contributed by atoms with Gasteiger partial charge in [-0.05, 0) is 56.8 Å². The molecule has 0 radical (unpaired) electrons. The first-order chi connectivity index (χ1) is 15.6. The normalized spacial score (nSPS) is 23.2. The molecule has 3 aliphatic rings. The fourth-order valence-corrected chi connectivity index (χ4v) is 6.57. The number of amides is 1. The van der Waals surface area contributed by atoms with Gasteiger partial charge < -0.3 is 9.80 Å². The summed E-state index contributed by atoms with van der Waals surface area (Å²) in [5.41, 5.74) is 4.00. The number of hydrogen-bond acceptors (Lipinski definition) is 5. The van der Waals surface area contributed by atoms with Crippen molar-refractivity contribution < 1.29 is 4.79 Å². The molecule has 6 nitrogen and oxygen atoms in total. The zero-order chi connectivity index (χ0) is 21.7. The molecule has 1 saturated carbocycles. The molecule has 2 aromatic heterocycles. The summed E-state index contributed by atoms with van der Waals surface area (Å²) in [6.07, 6.45) is 5.53. The number of piperidine rings is 1. The molecule has 32 heavy (non-hydrogen) atoms. The molecule has 0 bridgehead atoms. The first-order valence-corrected chi connectivity index (χ1v) is 12.7. The molecule has 6 rings (SSSR count). The number of thiazole rings is 1. The molecule has 168 valence electrons. The van der Waals surface area contributed by atoms with E-state index in [2.05, 4.69) is 67.9 Å². The van der Waals surface area contributed by atoms with Gasteiger partial charge in [0.25, 0.3) is 0 Å². The highest BCUT2D eigenvalue weighted by Gasteiger charge is 2.59. The summed E-state index contributed by atoms with van der Waals surface area (Å²) >= 11 is 1.70. The first kappa shape index (κ1) is 20.2. The van der Waals surface area contributed by atoms with Crippen molar-refractivity contribution in [3.63, 3.8) is 0 Å². The van der Waals surface area contributed by atoms with E-state index in [9.17, 15) is 4.79 Å². The van der Waals surface area contributed by atoms with E-state index in [1.54, 1.807) is 11.3 Å². The van der Waals surface area contributed by atoms with Crippen molar-refractivity contribution in [1.82, 2.24) is 19.2 Å². The minimum atomic E-state index is 0.258. The van der Waals surface area contributed by atoms with Crippen LogP contribution in [0.25, 0.3) is 4.96 Å². The highest BCUT2D eigenvalue weighted by Crippen LogP contribution is 2.60. The van der Waals surface area contributed by atoms with E-state index in [4.69, 9.17) is 4.98 Å². The average Bonchev–Trinajstić information content (AvgIpc) is 3.18. The summed E-state index contributed by atoms with van der Waals surface area (Å²) in [5, 5.41) is 2.11. The van der Waals surface area contributed by atoms with Gasteiger partial charge in [-0.1, -0.05) is 18.2 Å². The van der Waals surface area contributed by atoms with E-state index in [-0.39, 0.29) is 11.3 Å². The number of aryl methyl sites for hydroxylation is 1. The molecule has 2 aliphatic heterocycles. The molecule has 7 heteroatoms. The molecule has 4 heterocycles. The predicted octanol–water partition coefficient (Wildman–Crippen LogP) is 3.66. The van der Waals surface area contributed by atoms with E-state index in [1.807, 2.05) is 0 Å². The minimum absolute atomic E-state index is 0.258. The zero-order valence-corrected chi connectivity index (χ0v) is 19.6. The zero-order valence-electron chi connectivity index (χ0n) is 18.7. The number of anilines is 1. The van der Waals surface area contributed by atoms with Crippen molar-refractivity contribution in [1.29, 1.82) is 0 Å². The van der Waals surface area contributed by atoms with Crippen molar-refractivity contribution in [2.75, 3.05) is 44.2 Å². The van der Waals surface area contributed by atoms with Crippen LogP contribution in [-0.4, -0.2) is 64.4 Å². The number of carbonyl (C=O) groups excluding carboxylic acids is 1. The van der Waals surface area contributed by atoms with Crippen LogP contribution in [0.3, 0.4) is 0 Å². The lowest BCUT2D eigenvalue weighted by molar-refractivity contribution is -0.134. The van der Waals surface area contributed by atoms with Gasteiger partial charge in [0, 0.05) is 55.9 Å². The Hall–Kier alpha value is -2.38. The van der Waals surface area contributed by atoms with Crippen molar-refractivity contribution >= 4 is 27.9 Å². The Bertz CT molecular complexity index is 1110. The monoisotopic (exact) mass is 449 g/mol. The summed E-state index contributed by atoms with van der Waals surface area (Å²) in [6.45, 7) is 8.82. The molecule has 1 amide bonds. The van der Waals surface area contributed by atoms with Gasteiger partial charge in [-0.25, -0.2) is 4.98 Å². The quantitative estimate of drug-likeness (QED) is 0.610. The number of carbonyl (C=O) groups is 1. The van der Waals surface area contributed by atoms with E-state index >= 15 is 0 Å². The fraction of sp³-hybridized carbons (Fsp3) is 0.520.